The molecule has 0 spiro atoms. The van der Waals surface area contributed by atoms with Crippen LogP contribution in [0.25, 0.3) is 5.57 Å². The molecule has 2 amide bonds. The molecular weight excluding hydrogens is 511 g/mol. The minimum Gasteiger partial charge on any atom is -0.497 e. The number of ether oxygens (including phenoxy) is 1. The second kappa shape index (κ2) is 10.7. The monoisotopic (exact) mass is 534 g/mol. The van der Waals surface area contributed by atoms with Crippen LogP contribution in [0.4, 0.5) is 4.79 Å². The Morgan fingerprint density at radius 1 is 1.17 bits per heavy atom. The molecule has 1 aliphatic rings. The summed E-state index contributed by atoms with van der Waals surface area (Å²) in [5.74, 6) is 0.518. The molecule has 1 aromatic heterocycles. The normalized spacial score (nSPS) is 14.4. The third-order valence-corrected chi connectivity index (χ3v) is 7.59. The first-order valence-electron chi connectivity index (χ1n) is 10.9. The number of methoxy groups -OCH3 is 1. The van der Waals surface area contributed by atoms with Crippen LogP contribution in [-0.4, -0.2) is 37.9 Å². The molecule has 0 saturated heterocycles. The fraction of sp³-hybridized carbons (Fsp3) is 0.250. The van der Waals surface area contributed by atoms with Crippen LogP contribution >= 0.6 is 23.2 Å². The molecule has 0 fully saturated rings. The van der Waals surface area contributed by atoms with Crippen LogP contribution in [-0.2, 0) is 23.0 Å². The summed E-state index contributed by atoms with van der Waals surface area (Å²) in [6.07, 6.45) is 6.44. The van der Waals surface area contributed by atoms with E-state index in [1.165, 1.54) is 31.4 Å². The van der Waals surface area contributed by atoms with E-state index in [0.717, 1.165) is 41.7 Å². The van der Waals surface area contributed by atoms with E-state index in [0.29, 0.717) is 22.3 Å². The zero-order chi connectivity index (χ0) is 25.0. The lowest BCUT2D eigenvalue weighted by molar-refractivity contribution is 0.247. The minimum atomic E-state index is -4.00. The van der Waals surface area contributed by atoms with Crippen LogP contribution in [0.5, 0.6) is 5.75 Å². The Bertz CT molecular complexity index is 1370. The van der Waals surface area contributed by atoms with E-state index in [1.54, 1.807) is 12.1 Å². The van der Waals surface area contributed by atoms with Gasteiger partial charge in [0.2, 0.25) is 0 Å². The molecule has 4 rings (SSSR count). The van der Waals surface area contributed by atoms with Crippen LogP contribution in [0.2, 0.25) is 10.0 Å². The SMILES string of the molecule is COc1ccc(S(=O)(=O)NC(=O)NCC=C2CCCc3cnn(Cc4ccc(Cl)cc4Cl)c32)cc1. The Labute approximate surface area is 213 Å². The van der Waals surface area contributed by atoms with Crippen molar-refractivity contribution < 1.29 is 17.9 Å². The quantitative estimate of drug-likeness (QED) is 0.459. The van der Waals surface area contributed by atoms with Crippen molar-refractivity contribution in [1.82, 2.24) is 19.8 Å². The number of carbonyl (C=O) groups excluding carboxylic acids is 1. The third kappa shape index (κ3) is 5.98. The molecule has 0 radical (unpaired) electrons. The zero-order valence-corrected chi connectivity index (χ0v) is 21.3. The highest BCUT2D eigenvalue weighted by Gasteiger charge is 2.21. The van der Waals surface area contributed by atoms with Crippen LogP contribution in [0.3, 0.4) is 0 Å². The molecule has 0 saturated carbocycles. The molecule has 11 heteroatoms. The van der Waals surface area contributed by atoms with Crippen LogP contribution < -0.4 is 14.8 Å². The average molecular weight is 535 g/mol. The number of aryl methyl sites for hydroxylation is 1. The van der Waals surface area contributed by atoms with Gasteiger partial charge >= 0.3 is 6.03 Å². The van der Waals surface area contributed by atoms with Gasteiger partial charge in [0.25, 0.3) is 10.0 Å². The number of urea groups is 1. The number of sulfonamides is 1. The standard InChI is InChI=1S/C24H24Cl2N4O4S/c1-34-20-7-9-21(10-8-20)35(32,33)29-24(31)27-12-11-16-3-2-4-17-14-28-30(23(16)17)15-18-5-6-19(25)13-22(18)26/h5-11,13-14H,2-4,12,15H2,1H3,(H2,27,29,31). The summed E-state index contributed by atoms with van der Waals surface area (Å²) in [6, 6.07) is 10.3. The molecule has 0 aliphatic heterocycles. The van der Waals surface area contributed by atoms with Crippen molar-refractivity contribution in [3.63, 3.8) is 0 Å². The zero-order valence-electron chi connectivity index (χ0n) is 18.9. The van der Waals surface area contributed by atoms with E-state index in [2.05, 4.69) is 10.4 Å². The first kappa shape index (κ1) is 25.1. The van der Waals surface area contributed by atoms with Crippen LogP contribution in [0, 0.1) is 0 Å². The number of aromatic nitrogens is 2. The fourth-order valence-electron chi connectivity index (χ4n) is 3.94. The highest BCUT2D eigenvalue weighted by atomic mass is 35.5. The number of fused-ring (bicyclic) bond motifs is 1. The maximum absolute atomic E-state index is 12.4. The van der Waals surface area contributed by atoms with Crippen molar-refractivity contribution in [3.05, 3.63) is 81.6 Å². The number of benzene rings is 2. The predicted molar refractivity (Wildman–Crippen MR) is 135 cm³/mol. The molecule has 2 aromatic carbocycles. The van der Waals surface area contributed by atoms with Gasteiger partial charge in [0.1, 0.15) is 5.75 Å². The van der Waals surface area contributed by atoms with Crippen molar-refractivity contribution in [1.29, 1.82) is 0 Å². The molecular formula is C24H24Cl2N4O4S. The first-order valence-corrected chi connectivity index (χ1v) is 13.1. The molecule has 0 atom stereocenters. The van der Waals surface area contributed by atoms with Gasteiger partial charge in [0.05, 0.1) is 30.4 Å². The van der Waals surface area contributed by atoms with Crippen molar-refractivity contribution in [2.45, 2.75) is 30.7 Å². The van der Waals surface area contributed by atoms with Crippen LogP contribution in [0.15, 0.2) is 59.6 Å². The molecule has 0 bridgehead atoms. The van der Waals surface area contributed by atoms with Crippen molar-refractivity contribution in [2.24, 2.45) is 0 Å². The number of hydrogen-bond acceptors (Lipinski definition) is 5. The van der Waals surface area contributed by atoms with Gasteiger partial charge in [0.15, 0.2) is 0 Å². The smallest absolute Gasteiger partial charge is 0.328 e. The predicted octanol–water partition coefficient (Wildman–Crippen LogP) is 4.65. The van der Waals surface area contributed by atoms with Gasteiger partial charge in [-0.05, 0) is 72.4 Å². The van der Waals surface area contributed by atoms with E-state index in [1.807, 2.05) is 27.7 Å². The number of nitrogens with one attached hydrogen (secondary N) is 2. The van der Waals surface area contributed by atoms with Gasteiger partial charge in [-0.15, -0.1) is 0 Å². The lowest BCUT2D eigenvalue weighted by Gasteiger charge is -2.18. The van der Waals surface area contributed by atoms with Crippen molar-refractivity contribution >= 4 is 44.8 Å². The summed E-state index contributed by atoms with van der Waals surface area (Å²) in [5.41, 5.74) is 4.05. The van der Waals surface area contributed by atoms with E-state index in [4.69, 9.17) is 27.9 Å². The molecule has 1 heterocycles. The number of nitrogens with zero attached hydrogens (tertiary/aromatic N) is 2. The van der Waals surface area contributed by atoms with Gasteiger partial charge in [-0.25, -0.2) is 17.9 Å². The summed E-state index contributed by atoms with van der Waals surface area (Å²) in [5, 5.41) is 8.27. The average Bonchev–Trinajstić information content (AvgIpc) is 3.24. The number of rotatable bonds is 7. The van der Waals surface area contributed by atoms with Gasteiger partial charge in [-0.3, -0.25) is 4.68 Å². The third-order valence-electron chi connectivity index (χ3n) is 5.65. The second-order valence-corrected chi connectivity index (χ2v) is 10.5. The Balaban J connectivity index is 1.43. The largest absolute Gasteiger partial charge is 0.497 e. The van der Waals surface area contributed by atoms with Gasteiger partial charge in [0, 0.05) is 16.6 Å². The molecule has 35 heavy (non-hydrogen) atoms. The molecule has 3 aromatic rings. The molecule has 184 valence electrons. The van der Waals surface area contributed by atoms with E-state index < -0.39 is 16.1 Å². The number of hydrogen-bond donors (Lipinski definition) is 2. The number of allylic oxidation sites excluding steroid dienone is 1. The van der Waals surface area contributed by atoms with E-state index >= 15 is 0 Å². The van der Waals surface area contributed by atoms with Gasteiger partial charge < -0.3 is 10.1 Å². The molecule has 0 unspecified atom stereocenters. The summed E-state index contributed by atoms with van der Waals surface area (Å²) in [4.78, 5) is 12.2. The lowest BCUT2D eigenvalue weighted by Crippen LogP contribution is -2.39. The molecule has 8 nitrogen and oxygen atoms in total. The Kier molecular flexibility index (Phi) is 7.69. The van der Waals surface area contributed by atoms with Gasteiger partial charge in [-0.1, -0.05) is 35.3 Å². The highest BCUT2D eigenvalue weighted by molar-refractivity contribution is 7.90. The summed E-state index contributed by atoms with van der Waals surface area (Å²) in [7, 11) is -2.52. The Hall–Kier alpha value is -3.01. The topological polar surface area (TPSA) is 102 Å². The van der Waals surface area contributed by atoms with Crippen molar-refractivity contribution in [3.8, 4) is 5.75 Å². The van der Waals surface area contributed by atoms with Crippen molar-refractivity contribution in [2.75, 3.05) is 13.7 Å². The Morgan fingerprint density at radius 2 is 1.94 bits per heavy atom. The van der Waals surface area contributed by atoms with Gasteiger partial charge in [-0.2, -0.15) is 5.10 Å². The number of amides is 2. The number of carbonyl (C=O) groups is 1. The summed E-state index contributed by atoms with van der Waals surface area (Å²) >= 11 is 12.4. The summed E-state index contributed by atoms with van der Waals surface area (Å²) in [6.45, 7) is 0.641. The first-order chi connectivity index (χ1) is 16.8. The summed E-state index contributed by atoms with van der Waals surface area (Å²) < 4.78 is 33.8. The maximum Gasteiger partial charge on any atom is 0.328 e. The second-order valence-electron chi connectivity index (χ2n) is 7.99. The molecule has 1 aliphatic carbocycles. The fourth-order valence-corrected chi connectivity index (χ4v) is 5.33. The highest BCUT2D eigenvalue weighted by Crippen LogP contribution is 2.31. The van der Waals surface area contributed by atoms with E-state index in [9.17, 15) is 13.2 Å². The van der Waals surface area contributed by atoms with Crippen LogP contribution in [0.1, 0.15) is 29.7 Å². The lowest BCUT2D eigenvalue weighted by atomic mass is 9.92. The van der Waals surface area contributed by atoms with E-state index in [-0.39, 0.29) is 11.4 Å². The maximum atomic E-state index is 12.4. The minimum absolute atomic E-state index is 0.0338. The molecule has 2 N–H and O–H groups in total. The number of halogens is 2. The Morgan fingerprint density at radius 3 is 2.66 bits per heavy atom.